The first kappa shape index (κ1) is 17.7. The van der Waals surface area contributed by atoms with Crippen LogP contribution in [0.3, 0.4) is 0 Å². The van der Waals surface area contributed by atoms with E-state index in [-0.39, 0.29) is 5.78 Å². The zero-order valence-electron chi connectivity index (χ0n) is 16.0. The van der Waals surface area contributed by atoms with E-state index >= 15 is 0 Å². The van der Waals surface area contributed by atoms with Crippen LogP contribution in [0.15, 0.2) is 71.5 Å². The molecule has 0 fully saturated rings. The first-order valence-electron chi connectivity index (χ1n) is 9.60. The third-order valence-electron chi connectivity index (χ3n) is 6.19. The number of ketones is 1. The number of fused-ring (bicyclic) bond motifs is 2. The highest BCUT2D eigenvalue weighted by molar-refractivity contribution is 6.99. The maximum Gasteiger partial charge on any atom is 0.178 e. The lowest BCUT2D eigenvalue weighted by atomic mass is 9.88. The third-order valence-corrected chi connectivity index (χ3v) is 11.5. The van der Waals surface area contributed by atoms with E-state index < -0.39 is 8.07 Å². The van der Waals surface area contributed by atoms with Gasteiger partial charge in [-0.3, -0.25) is 4.79 Å². The third kappa shape index (κ3) is 2.57. The maximum atomic E-state index is 12.3. The number of carbonyl (C=O) groups is 1. The van der Waals surface area contributed by atoms with Gasteiger partial charge in [-0.05, 0) is 69.4 Å². The number of hydrogen-bond acceptors (Lipinski definition) is 2. The molecule has 136 valence electrons. The zero-order valence-corrected chi connectivity index (χ0v) is 17.0. The molecule has 0 aromatic heterocycles. The summed E-state index contributed by atoms with van der Waals surface area (Å²) in [6.45, 7) is 6.58. The molecule has 2 aliphatic rings. The SMILES string of the molecule is CC[Si]1(CC)C2=CC(=O)C=CC2=C(c2ccccc2C)c2ccc(O)cc21. The molecule has 0 atom stereocenters. The summed E-state index contributed by atoms with van der Waals surface area (Å²) >= 11 is 0. The number of hydrogen-bond donors (Lipinski definition) is 1. The second-order valence-electron chi connectivity index (χ2n) is 7.42. The van der Waals surface area contributed by atoms with Gasteiger partial charge in [-0.1, -0.05) is 62.3 Å². The Labute approximate surface area is 161 Å². The Morgan fingerprint density at radius 2 is 1.70 bits per heavy atom. The zero-order chi connectivity index (χ0) is 19.2. The largest absolute Gasteiger partial charge is 0.508 e. The Bertz CT molecular complexity index is 1040. The smallest absolute Gasteiger partial charge is 0.178 e. The summed E-state index contributed by atoms with van der Waals surface area (Å²) in [5.41, 5.74) is 5.99. The predicted octanol–water partition coefficient (Wildman–Crippen LogP) is 4.82. The van der Waals surface area contributed by atoms with Crippen molar-refractivity contribution in [2.45, 2.75) is 32.9 Å². The van der Waals surface area contributed by atoms with Gasteiger partial charge in [-0.2, -0.15) is 0 Å². The van der Waals surface area contributed by atoms with Crippen LogP contribution in [0.4, 0.5) is 0 Å². The van der Waals surface area contributed by atoms with Crippen LogP contribution in [-0.2, 0) is 4.79 Å². The number of phenols is 1. The fourth-order valence-electron chi connectivity index (χ4n) is 4.73. The molecule has 2 nitrogen and oxygen atoms in total. The van der Waals surface area contributed by atoms with E-state index in [1.54, 1.807) is 12.1 Å². The van der Waals surface area contributed by atoms with Crippen molar-refractivity contribution >= 4 is 24.6 Å². The van der Waals surface area contributed by atoms with Gasteiger partial charge < -0.3 is 5.11 Å². The Morgan fingerprint density at radius 1 is 0.963 bits per heavy atom. The fraction of sp³-hybridized carbons (Fsp3) is 0.208. The van der Waals surface area contributed by atoms with Crippen molar-refractivity contribution in [3.05, 3.63) is 88.2 Å². The average Bonchev–Trinajstić information content (AvgIpc) is 2.67. The normalized spacial score (nSPS) is 17.4. The van der Waals surface area contributed by atoms with E-state index in [4.69, 9.17) is 0 Å². The minimum Gasteiger partial charge on any atom is -0.508 e. The van der Waals surface area contributed by atoms with E-state index in [0.29, 0.717) is 5.75 Å². The highest BCUT2D eigenvalue weighted by atomic mass is 28.3. The number of phenolic OH excluding ortho intramolecular Hbond substituents is 1. The van der Waals surface area contributed by atoms with Crippen molar-refractivity contribution in [2.75, 3.05) is 0 Å². The van der Waals surface area contributed by atoms with Crippen LogP contribution in [0.5, 0.6) is 5.75 Å². The fourth-order valence-corrected chi connectivity index (χ4v) is 9.33. The molecule has 0 saturated carbocycles. The van der Waals surface area contributed by atoms with Crippen LogP contribution in [-0.4, -0.2) is 19.0 Å². The van der Waals surface area contributed by atoms with Gasteiger partial charge in [0.15, 0.2) is 5.78 Å². The highest BCUT2D eigenvalue weighted by Crippen LogP contribution is 2.44. The van der Waals surface area contributed by atoms with Crippen molar-refractivity contribution < 1.29 is 9.90 Å². The number of rotatable bonds is 3. The summed E-state index contributed by atoms with van der Waals surface area (Å²) in [6, 6.07) is 16.2. The van der Waals surface area contributed by atoms with Crippen LogP contribution in [0.2, 0.25) is 12.1 Å². The van der Waals surface area contributed by atoms with Gasteiger partial charge in [0.05, 0.1) is 0 Å². The van der Waals surface area contributed by atoms with E-state index in [1.807, 2.05) is 18.2 Å². The summed E-state index contributed by atoms with van der Waals surface area (Å²) in [4.78, 5) is 12.3. The Hall–Kier alpha value is -2.65. The minimum absolute atomic E-state index is 0.0697. The van der Waals surface area contributed by atoms with Gasteiger partial charge in [-0.15, -0.1) is 0 Å². The number of aryl methyl sites for hydroxylation is 1. The summed E-state index contributed by atoms with van der Waals surface area (Å²) in [5, 5.41) is 12.7. The van der Waals surface area contributed by atoms with Gasteiger partial charge in [0.25, 0.3) is 0 Å². The molecule has 2 aromatic rings. The molecule has 0 unspecified atom stereocenters. The highest BCUT2D eigenvalue weighted by Gasteiger charge is 2.44. The maximum absolute atomic E-state index is 12.3. The molecule has 2 aromatic carbocycles. The standard InChI is InChI=1S/C24H24O2Si/c1-4-27(5-2)22-14-17(25)10-12-20(22)24(19-9-7-6-8-16(19)3)21-13-11-18(26)15-23(21)27/h6-15,25H,4-5H2,1-3H3. The quantitative estimate of drug-likeness (QED) is 0.785. The van der Waals surface area contributed by atoms with E-state index in [9.17, 15) is 9.90 Å². The predicted molar refractivity (Wildman–Crippen MR) is 114 cm³/mol. The topological polar surface area (TPSA) is 37.3 Å². The number of allylic oxidation sites excluding steroid dienone is 5. The molecule has 0 radical (unpaired) electrons. The van der Waals surface area contributed by atoms with Crippen LogP contribution in [0, 0.1) is 6.92 Å². The average molecular weight is 373 g/mol. The molecule has 1 heterocycles. The Morgan fingerprint density at radius 3 is 2.41 bits per heavy atom. The van der Waals surface area contributed by atoms with Crippen LogP contribution in [0.1, 0.15) is 30.5 Å². The van der Waals surface area contributed by atoms with E-state index in [1.165, 1.54) is 38.2 Å². The lowest BCUT2D eigenvalue weighted by Crippen LogP contribution is -2.53. The Kier molecular flexibility index (Phi) is 4.27. The number of carbonyl (C=O) groups excluding carboxylic acids is 1. The van der Waals surface area contributed by atoms with Gasteiger partial charge in [0, 0.05) is 0 Å². The summed E-state index contributed by atoms with van der Waals surface area (Å²) in [6.07, 6.45) is 5.56. The molecule has 0 bridgehead atoms. The molecule has 3 heteroatoms. The van der Waals surface area contributed by atoms with Crippen molar-refractivity contribution in [1.29, 1.82) is 0 Å². The lowest BCUT2D eigenvalue weighted by molar-refractivity contribution is -0.110. The van der Waals surface area contributed by atoms with E-state index in [0.717, 1.165) is 12.1 Å². The molecule has 1 N–H and O–H groups in total. The van der Waals surface area contributed by atoms with Gasteiger partial charge in [0.2, 0.25) is 0 Å². The van der Waals surface area contributed by atoms with Gasteiger partial charge in [-0.25, -0.2) is 0 Å². The molecule has 0 amide bonds. The first-order valence-corrected chi connectivity index (χ1v) is 12.0. The van der Waals surface area contributed by atoms with Crippen molar-refractivity contribution in [2.24, 2.45) is 0 Å². The second kappa shape index (κ2) is 6.50. The summed E-state index contributed by atoms with van der Waals surface area (Å²) in [7, 11) is -2.11. The van der Waals surface area contributed by atoms with Gasteiger partial charge in [0.1, 0.15) is 13.8 Å². The molecule has 4 rings (SSSR count). The van der Waals surface area contributed by atoms with Crippen molar-refractivity contribution in [3.8, 4) is 5.75 Å². The van der Waals surface area contributed by atoms with Crippen LogP contribution >= 0.6 is 0 Å². The number of benzene rings is 2. The Balaban J connectivity index is 2.16. The molecule has 0 saturated heterocycles. The van der Waals surface area contributed by atoms with Crippen molar-refractivity contribution in [3.63, 3.8) is 0 Å². The van der Waals surface area contributed by atoms with Crippen LogP contribution < -0.4 is 5.19 Å². The molecular weight excluding hydrogens is 348 g/mol. The summed E-state index contributed by atoms with van der Waals surface area (Å²) in [5.74, 6) is 0.374. The number of aromatic hydroxyl groups is 1. The second-order valence-corrected chi connectivity index (χ2v) is 12.1. The van der Waals surface area contributed by atoms with E-state index in [2.05, 4.69) is 51.1 Å². The van der Waals surface area contributed by atoms with Crippen LogP contribution in [0.25, 0.3) is 5.57 Å². The molecule has 27 heavy (non-hydrogen) atoms. The summed E-state index contributed by atoms with van der Waals surface area (Å²) < 4.78 is 0. The monoisotopic (exact) mass is 372 g/mol. The first-order chi connectivity index (χ1) is 13.0. The lowest BCUT2D eigenvalue weighted by Gasteiger charge is -2.41. The van der Waals surface area contributed by atoms with Crippen molar-refractivity contribution in [1.82, 2.24) is 0 Å². The van der Waals surface area contributed by atoms with Gasteiger partial charge >= 0.3 is 0 Å². The molecule has 0 spiro atoms. The molecule has 1 aliphatic heterocycles. The molecular formula is C24H24O2Si. The minimum atomic E-state index is -2.11. The molecule has 1 aliphatic carbocycles.